The van der Waals surface area contributed by atoms with Crippen molar-refractivity contribution in [2.45, 2.75) is 52.7 Å². The maximum absolute atomic E-state index is 6.15. The third-order valence-electron chi connectivity index (χ3n) is 3.49. The van der Waals surface area contributed by atoms with Crippen LogP contribution < -0.4 is 10.1 Å². The summed E-state index contributed by atoms with van der Waals surface area (Å²) in [5.41, 5.74) is 2.05. The van der Waals surface area contributed by atoms with Gasteiger partial charge in [0.15, 0.2) is 0 Å². The average Bonchev–Trinajstić information content (AvgIpc) is 2.48. The number of nitrogens with one attached hydrogen (secondary N) is 1. The number of aromatic nitrogens is 1. The summed E-state index contributed by atoms with van der Waals surface area (Å²) in [6.45, 7) is 8.29. The number of pyridine rings is 1. The molecule has 1 N–H and O–H groups in total. The maximum atomic E-state index is 6.15. The van der Waals surface area contributed by atoms with Crippen molar-refractivity contribution >= 4 is 10.9 Å². The number of hydrogen-bond acceptors (Lipinski definition) is 3. The number of para-hydroxylation sites is 1. The zero-order chi connectivity index (χ0) is 15.1. The van der Waals surface area contributed by atoms with Crippen molar-refractivity contribution in [3.05, 3.63) is 36.0 Å². The molecule has 0 saturated heterocycles. The SMILES string of the molecule is CCCNCc1cc(OC(C)CCC)c2ccccc2n1. The molecule has 0 aliphatic rings. The standard InChI is InChI=1S/C18H26N2O/c1-4-8-14(3)21-18-12-15(13-19-11-5-2)20-17-10-7-6-9-16(17)18/h6-7,9-10,12,14,19H,4-5,8,11,13H2,1-3H3. The molecule has 0 bridgehead atoms. The molecule has 21 heavy (non-hydrogen) atoms. The van der Waals surface area contributed by atoms with E-state index in [1.165, 1.54) is 0 Å². The molecule has 1 aromatic carbocycles. The van der Waals surface area contributed by atoms with Crippen LogP contribution >= 0.6 is 0 Å². The van der Waals surface area contributed by atoms with Crippen LogP contribution in [-0.2, 0) is 6.54 Å². The number of ether oxygens (including phenoxy) is 1. The van der Waals surface area contributed by atoms with Crippen LogP contribution in [0.5, 0.6) is 5.75 Å². The van der Waals surface area contributed by atoms with E-state index in [2.05, 4.69) is 44.3 Å². The lowest BCUT2D eigenvalue weighted by Crippen LogP contribution is -2.16. The Hall–Kier alpha value is -1.61. The summed E-state index contributed by atoms with van der Waals surface area (Å²) >= 11 is 0. The van der Waals surface area contributed by atoms with E-state index in [1.54, 1.807) is 0 Å². The second kappa shape index (κ2) is 7.99. The molecule has 1 atom stereocenters. The highest BCUT2D eigenvalue weighted by Crippen LogP contribution is 2.27. The Balaban J connectivity index is 2.26. The fraction of sp³-hybridized carbons (Fsp3) is 0.500. The molecule has 0 amide bonds. The van der Waals surface area contributed by atoms with E-state index >= 15 is 0 Å². The molecule has 0 fully saturated rings. The Morgan fingerprint density at radius 3 is 2.76 bits per heavy atom. The summed E-state index contributed by atoms with van der Waals surface area (Å²) in [5.74, 6) is 0.954. The number of hydrogen-bond donors (Lipinski definition) is 1. The number of fused-ring (bicyclic) bond motifs is 1. The van der Waals surface area contributed by atoms with Gasteiger partial charge in [-0.15, -0.1) is 0 Å². The van der Waals surface area contributed by atoms with E-state index < -0.39 is 0 Å². The van der Waals surface area contributed by atoms with Gasteiger partial charge in [0.1, 0.15) is 5.75 Å². The minimum atomic E-state index is 0.234. The molecule has 1 aromatic heterocycles. The fourth-order valence-electron chi connectivity index (χ4n) is 2.46. The summed E-state index contributed by atoms with van der Waals surface area (Å²) in [6, 6.07) is 10.3. The lowest BCUT2D eigenvalue weighted by Gasteiger charge is -2.16. The van der Waals surface area contributed by atoms with E-state index in [0.717, 1.165) is 54.7 Å². The van der Waals surface area contributed by atoms with Crippen molar-refractivity contribution < 1.29 is 4.74 Å². The molecule has 0 saturated carbocycles. The summed E-state index contributed by atoms with van der Waals surface area (Å²) < 4.78 is 6.15. The zero-order valence-electron chi connectivity index (χ0n) is 13.4. The highest BCUT2D eigenvalue weighted by molar-refractivity contribution is 5.85. The van der Waals surface area contributed by atoms with Crippen LogP contribution in [0.3, 0.4) is 0 Å². The van der Waals surface area contributed by atoms with E-state index in [4.69, 9.17) is 9.72 Å². The van der Waals surface area contributed by atoms with Gasteiger partial charge in [-0.2, -0.15) is 0 Å². The number of benzene rings is 1. The van der Waals surface area contributed by atoms with Gasteiger partial charge >= 0.3 is 0 Å². The predicted molar refractivity (Wildman–Crippen MR) is 88.7 cm³/mol. The van der Waals surface area contributed by atoms with Crippen LogP contribution in [0, 0.1) is 0 Å². The van der Waals surface area contributed by atoms with Crippen LogP contribution in [0.1, 0.15) is 45.7 Å². The third-order valence-corrected chi connectivity index (χ3v) is 3.49. The number of nitrogens with zero attached hydrogens (tertiary/aromatic N) is 1. The first-order valence-corrected chi connectivity index (χ1v) is 8.00. The Morgan fingerprint density at radius 2 is 2.00 bits per heavy atom. The smallest absolute Gasteiger partial charge is 0.130 e. The average molecular weight is 286 g/mol. The molecular formula is C18H26N2O. The van der Waals surface area contributed by atoms with Crippen molar-refractivity contribution in [3.63, 3.8) is 0 Å². The molecule has 0 radical (unpaired) electrons. The second-order valence-corrected chi connectivity index (χ2v) is 5.52. The summed E-state index contributed by atoms with van der Waals surface area (Å²) in [6.07, 6.45) is 3.57. The second-order valence-electron chi connectivity index (χ2n) is 5.52. The molecule has 0 spiro atoms. The number of rotatable bonds is 8. The van der Waals surface area contributed by atoms with Crippen molar-refractivity contribution in [1.29, 1.82) is 0 Å². The van der Waals surface area contributed by atoms with E-state index in [9.17, 15) is 0 Å². The molecule has 0 aliphatic carbocycles. The van der Waals surface area contributed by atoms with Crippen LogP contribution in [-0.4, -0.2) is 17.6 Å². The fourth-order valence-corrected chi connectivity index (χ4v) is 2.46. The van der Waals surface area contributed by atoms with Gasteiger partial charge in [0, 0.05) is 18.0 Å². The monoisotopic (exact) mass is 286 g/mol. The van der Waals surface area contributed by atoms with E-state index in [0.29, 0.717) is 0 Å². The molecule has 0 aliphatic heterocycles. The van der Waals surface area contributed by atoms with Gasteiger partial charge in [0.25, 0.3) is 0 Å². The van der Waals surface area contributed by atoms with Gasteiger partial charge in [0.2, 0.25) is 0 Å². The van der Waals surface area contributed by atoms with E-state index in [-0.39, 0.29) is 6.10 Å². The summed E-state index contributed by atoms with van der Waals surface area (Å²) in [5, 5.41) is 4.50. The maximum Gasteiger partial charge on any atom is 0.130 e. The highest BCUT2D eigenvalue weighted by Gasteiger charge is 2.09. The van der Waals surface area contributed by atoms with Crippen LogP contribution in [0.15, 0.2) is 30.3 Å². The van der Waals surface area contributed by atoms with Crippen molar-refractivity contribution in [1.82, 2.24) is 10.3 Å². The van der Waals surface area contributed by atoms with Gasteiger partial charge in [-0.1, -0.05) is 32.4 Å². The third kappa shape index (κ3) is 4.43. The molecule has 114 valence electrons. The molecule has 3 heteroatoms. The van der Waals surface area contributed by atoms with Gasteiger partial charge in [0.05, 0.1) is 17.3 Å². The Labute approximate surface area is 127 Å². The minimum Gasteiger partial charge on any atom is -0.490 e. The first kappa shape index (κ1) is 15.8. The van der Waals surface area contributed by atoms with Crippen molar-refractivity contribution in [2.75, 3.05) is 6.54 Å². The van der Waals surface area contributed by atoms with Gasteiger partial charge in [-0.3, -0.25) is 4.98 Å². The van der Waals surface area contributed by atoms with Crippen LogP contribution in [0.4, 0.5) is 0 Å². The molecule has 3 nitrogen and oxygen atoms in total. The summed E-state index contributed by atoms with van der Waals surface area (Å²) in [4.78, 5) is 4.72. The first-order chi connectivity index (χ1) is 10.2. The molecule has 2 rings (SSSR count). The van der Waals surface area contributed by atoms with Gasteiger partial charge < -0.3 is 10.1 Å². The normalized spacial score (nSPS) is 12.5. The molecule has 1 heterocycles. The lowest BCUT2D eigenvalue weighted by atomic mass is 10.1. The van der Waals surface area contributed by atoms with Gasteiger partial charge in [-0.25, -0.2) is 0 Å². The molecule has 2 aromatic rings. The topological polar surface area (TPSA) is 34.1 Å². The van der Waals surface area contributed by atoms with Crippen molar-refractivity contribution in [3.8, 4) is 5.75 Å². The predicted octanol–water partition coefficient (Wildman–Crippen LogP) is 4.30. The molecule has 1 unspecified atom stereocenters. The van der Waals surface area contributed by atoms with Gasteiger partial charge in [-0.05, 0) is 38.4 Å². The zero-order valence-corrected chi connectivity index (χ0v) is 13.4. The minimum absolute atomic E-state index is 0.234. The Bertz CT molecular complexity index is 568. The van der Waals surface area contributed by atoms with E-state index in [1.807, 2.05) is 12.1 Å². The highest BCUT2D eigenvalue weighted by atomic mass is 16.5. The lowest BCUT2D eigenvalue weighted by molar-refractivity contribution is 0.212. The summed E-state index contributed by atoms with van der Waals surface area (Å²) in [7, 11) is 0. The largest absolute Gasteiger partial charge is 0.490 e. The first-order valence-electron chi connectivity index (χ1n) is 8.00. The van der Waals surface area contributed by atoms with Crippen LogP contribution in [0.2, 0.25) is 0 Å². The Kier molecular flexibility index (Phi) is 6.00. The van der Waals surface area contributed by atoms with Crippen LogP contribution in [0.25, 0.3) is 10.9 Å². The quantitative estimate of drug-likeness (QED) is 0.735. The molecular weight excluding hydrogens is 260 g/mol. The van der Waals surface area contributed by atoms with Crippen molar-refractivity contribution in [2.24, 2.45) is 0 Å². The Morgan fingerprint density at radius 1 is 1.19 bits per heavy atom.